The van der Waals surface area contributed by atoms with E-state index in [0.717, 1.165) is 0 Å². The highest BCUT2D eigenvalue weighted by atomic mass is 16.3. The number of hydrogen-bond acceptors (Lipinski definition) is 16. The van der Waals surface area contributed by atoms with Crippen LogP contribution in [0.1, 0.15) is 22.5 Å². The fourth-order valence-corrected chi connectivity index (χ4v) is 7.12. The molecule has 0 saturated carbocycles. The Morgan fingerprint density at radius 3 is 1.98 bits per heavy atom. The van der Waals surface area contributed by atoms with Crippen molar-refractivity contribution in [2.75, 3.05) is 0 Å². The van der Waals surface area contributed by atoms with Crippen molar-refractivity contribution in [1.82, 2.24) is 49.0 Å². The van der Waals surface area contributed by atoms with Gasteiger partial charge in [0, 0.05) is 24.8 Å². The molecule has 4 N–H and O–H groups in total. The average molecular weight is 596 g/mol. The maximum atomic E-state index is 10.4. The van der Waals surface area contributed by atoms with Crippen molar-refractivity contribution < 1.29 is 29.6 Å². The molecule has 1 unspecified atom stereocenters. The van der Waals surface area contributed by atoms with Crippen LogP contribution in [0.3, 0.4) is 0 Å². The van der Waals surface area contributed by atoms with E-state index in [0.29, 0.717) is 90.3 Å². The largest absolute Gasteiger partial charge is 0.479 e. The number of amidine groups is 4. The number of fused-ring (bicyclic) bond motifs is 12. The summed E-state index contributed by atoms with van der Waals surface area (Å²) in [6.45, 7) is 0. The van der Waals surface area contributed by atoms with Crippen molar-refractivity contribution in [2.24, 2.45) is 20.0 Å². The van der Waals surface area contributed by atoms with E-state index in [1.807, 2.05) is 18.3 Å². The summed E-state index contributed by atoms with van der Waals surface area (Å²) in [5.74, 6) is 0.454. The van der Waals surface area contributed by atoms with Gasteiger partial charge in [-0.05, 0) is 0 Å². The fourth-order valence-electron chi connectivity index (χ4n) is 7.12. The Hall–Kier alpha value is -7.12. The van der Waals surface area contributed by atoms with Gasteiger partial charge in [0.25, 0.3) is 23.3 Å². The van der Waals surface area contributed by atoms with Gasteiger partial charge < -0.3 is 20.4 Å². The molecule has 1 spiro atoms. The monoisotopic (exact) mass is 596 g/mol. The van der Waals surface area contributed by atoms with Crippen molar-refractivity contribution in [3.8, 4) is 24.0 Å². The standard InChI is InChI=1S/C25H6N16O4/c42-21-26-1-5-9(30-21)17-35-14-7-3-28-23(44)32-11(7)19-37-16-8-4-29-24(45)33-12(8)20-36-15-6-2-27-22(43)31-10(6)18-34-13(5)38(17)25(39(15)18,40(14)19)41(16)20/h1-4H,(H2,26,27,28,29,30,31,32,33,34,35,36,37,42,43,44,45)/p+2. The normalized spacial score (nSPS) is 20.0. The summed E-state index contributed by atoms with van der Waals surface area (Å²) < 4.78 is 7.28. The zero-order chi connectivity index (χ0) is 29.7. The van der Waals surface area contributed by atoms with E-state index in [2.05, 4.69) is 39.9 Å². The molecule has 1 atom stereocenters. The van der Waals surface area contributed by atoms with E-state index in [4.69, 9.17) is 20.0 Å². The van der Waals surface area contributed by atoms with Crippen LogP contribution in [0.4, 0.5) is 11.6 Å². The topological polar surface area (TPSA) is 249 Å². The predicted molar refractivity (Wildman–Crippen MR) is 143 cm³/mol. The SMILES string of the molecule is Oc1ncc2c(n1)C1=Nc3c4cnc(O)nc4c4n3C35n6c(c7cnc(O)nc7c6=NC2=[N+]13)=NC1=[N+]5C(=N4)c2cnc(O)nc21. The van der Waals surface area contributed by atoms with E-state index >= 15 is 0 Å². The van der Waals surface area contributed by atoms with Gasteiger partial charge in [0.05, 0.1) is 10.8 Å². The average Bonchev–Trinajstić information content (AvgIpc) is 3.72. The van der Waals surface area contributed by atoms with Gasteiger partial charge in [-0.2, -0.15) is 29.1 Å². The van der Waals surface area contributed by atoms with Crippen molar-refractivity contribution in [3.05, 3.63) is 58.3 Å². The van der Waals surface area contributed by atoms with E-state index in [-0.39, 0.29) is 0 Å². The molecule has 6 aromatic heterocycles. The second kappa shape index (κ2) is 6.29. The first-order chi connectivity index (χ1) is 21.9. The Bertz CT molecular complexity index is 2880. The lowest BCUT2D eigenvalue weighted by Crippen LogP contribution is -2.71. The minimum Gasteiger partial charge on any atom is -0.479 e. The smallest absolute Gasteiger partial charge is 0.405 e. The highest BCUT2D eigenvalue weighted by molar-refractivity contribution is 6.19. The van der Waals surface area contributed by atoms with Gasteiger partial charge >= 0.3 is 30.0 Å². The van der Waals surface area contributed by atoms with Crippen LogP contribution in [0.2, 0.25) is 0 Å². The number of rotatable bonds is 0. The zero-order valence-electron chi connectivity index (χ0n) is 21.8. The van der Waals surface area contributed by atoms with Crippen LogP contribution in [0.15, 0.2) is 44.8 Å². The molecule has 0 saturated heterocycles. The molecule has 6 aliphatic heterocycles. The van der Waals surface area contributed by atoms with Crippen LogP contribution in [0.5, 0.6) is 24.0 Å². The number of nitrogens with zero attached hydrogens (tertiary/aromatic N) is 16. The fraction of sp³-hybridized carbons (Fsp3) is 0.0400. The van der Waals surface area contributed by atoms with E-state index in [1.54, 1.807) is 0 Å². The van der Waals surface area contributed by atoms with Gasteiger partial charge in [0.2, 0.25) is 22.6 Å². The molecule has 0 aliphatic carbocycles. The third-order valence-electron chi connectivity index (χ3n) is 8.66. The maximum Gasteiger partial charge on any atom is 0.405 e. The lowest BCUT2D eigenvalue weighted by Gasteiger charge is -2.40. The summed E-state index contributed by atoms with van der Waals surface area (Å²) in [6.07, 6.45) is 5.82. The molecule has 0 radical (unpaired) electrons. The molecule has 6 aliphatic rings. The van der Waals surface area contributed by atoms with Crippen molar-refractivity contribution in [3.63, 3.8) is 0 Å². The van der Waals surface area contributed by atoms with Crippen LogP contribution in [0.25, 0.3) is 21.8 Å². The first-order valence-electron chi connectivity index (χ1n) is 13.2. The molecule has 12 rings (SSSR count). The Morgan fingerprint density at radius 2 is 1.16 bits per heavy atom. The van der Waals surface area contributed by atoms with Crippen LogP contribution in [0, 0.1) is 0 Å². The van der Waals surface area contributed by atoms with Crippen molar-refractivity contribution >= 4 is 56.8 Å². The summed E-state index contributed by atoms with van der Waals surface area (Å²) in [4.78, 5) is 53.6. The Labute approximate surface area is 243 Å². The number of aliphatic imine (C=N–C) groups is 2. The second-order valence-corrected chi connectivity index (χ2v) is 10.7. The molecule has 45 heavy (non-hydrogen) atoms. The highest BCUT2D eigenvalue weighted by Gasteiger charge is 2.70. The first kappa shape index (κ1) is 21.6. The first-order valence-corrected chi connectivity index (χ1v) is 13.2. The number of aromatic hydroxyl groups is 4. The van der Waals surface area contributed by atoms with Gasteiger partial charge in [0.1, 0.15) is 22.2 Å². The molecule has 6 aromatic rings. The summed E-state index contributed by atoms with van der Waals surface area (Å²) in [5.41, 5.74) is 2.80. The number of aromatic nitrogens is 10. The summed E-state index contributed by atoms with van der Waals surface area (Å²) in [6, 6.07) is -1.86. The Morgan fingerprint density at radius 1 is 0.533 bits per heavy atom. The molecule has 0 bridgehead atoms. The minimum absolute atomic E-state index is 0.300. The molecule has 20 nitrogen and oxygen atoms in total. The summed E-state index contributed by atoms with van der Waals surface area (Å²) in [7, 11) is 0. The second-order valence-electron chi connectivity index (χ2n) is 10.7. The lowest BCUT2D eigenvalue weighted by molar-refractivity contribution is -0.790. The molecular formula is C25H8N16O4+2. The Balaban J connectivity index is 1.42. The van der Waals surface area contributed by atoms with Crippen LogP contribution >= 0.6 is 0 Å². The molecule has 20 heteroatoms. The summed E-state index contributed by atoms with van der Waals surface area (Å²) >= 11 is 0. The Kier molecular flexibility index (Phi) is 3.01. The van der Waals surface area contributed by atoms with Crippen molar-refractivity contribution in [1.29, 1.82) is 0 Å². The number of hydrogen-bond donors (Lipinski definition) is 4. The van der Waals surface area contributed by atoms with Gasteiger partial charge in [-0.3, -0.25) is 0 Å². The lowest BCUT2D eigenvalue weighted by atomic mass is 10.2. The van der Waals surface area contributed by atoms with Gasteiger partial charge in [0.15, 0.2) is 11.4 Å². The van der Waals surface area contributed by atoms with Gasteiger partial charge in [-0.15, -0.1) is 9.15 Å². The van der Waals surface area contributed by atoms with E-state index in [1.165, 1.54) is 24.8 Å². The van der Waals surface area contributed by atoms with E-state index in [9.17, 15) is 20.4 Å². The van der Waals surface area contributed by atoms with Crippen LogP contribution < -0.4 is 11.0 Å². The predicted octanol–water partition coefficient (Wildman–Crippen LogP) is -2.31. The third kappa shape index (κ3) is 2.02. The highest BCUT2D eigenvalue weighted by Crippen LogP contribution is 2.51. The summed E-state index contributed by atoms with van der Waals surface area (Å²) in [5, 5.41) is 42.5. The van der Waals surface area contributed by atoms with Gasteiger partial charge in [-0.1, -0.05) is 20.0 Å². The third-order valence-corrected chi connectivity index (χ3v) is 8.66. The maximum absolute atomic E-state index is 10.4. The molecular weight excluding hydrogens is 588 g/mol. The van der Waals surface area contributed by atoms with Gasteiger partial charge in [-0.25, -0.2) is 19.9 Å². The molecule has 0 aromatic carbocycles. The molecule has 0 fully saturated rings. The molecule has 12 heterocycles. The van der Waals surface area contributed by atoms with E-state index < -0.39 is 30.0 Å². The quantitative estimate of drug-likeness (QED) is 0.135. The minimum atomic E-state index is -1.54. The van der Waals surface area contributed by atoms with Crippen LogP contribution in [-0.4, -0.2) is 102 Å². The molecule has 210 valence electrons. The van der Waals surface area contributed by atoms with Crippen molar-refractivity contribution in [2.45, 2.75) is 5.91 Å². The molecule has 0 amide bonds. The zero-order valence-corrected chi connectivity index (χ0v) is 21.8. The van der Waals surface area contributed by atoms with Crippen LogP contribution in [-0.2, 0) is 5.91 Å².